The van der Waals surface area contributed by atoms with Gasteiger partial charge in [-0.25, -0.2) is 4.79 Å². The highest BCUT2D eigenvalue weighted by molar-refractivity contribution is 6.36. The fraction of sp³-hybridized carbons (Fsp3) is 0.312. The summed E-state index contributed by atoms with van der Waals surface area (Å²) in [4.78, 5) is 55.9. The molecule has 44 heavy (non-hydrogen) atoms. The van der Waals surface area contributed by atoms with Gasteiger partial charge in [-0.05, 0) is 24.1 Å². The van der Waals surface area contributed by atoms with Gasteiger partial charge in [0.15, 0.2) is 5.75 Å². The second-order valence-electron chi connectivity index (χ2n) is 10.9. The van der Waals surface area contributed by atoms with Crippen LogP contribution >= 0.6 is 11.6 Å². The molecule has 2 aliphatic heterocycles. The Kier molecular flexibility index (Phi) is 6.85. The first-order valence-corrected chi connectivity index (χ1v) is 14.1. The zero-order valence-electron chi connectivity index (χ0n) is 24.6. The molecule has 2 aromatic carbocycles. The summed E-state index contributed by atoms with van der Waals surface area (Å²) in [5, 5.41) is 3.23. The number of halogens is 1. The van der Waals surface area contributed by atoms with Gasteiger partial charge < -0.3 is 24.3 Å². The lowest BCUT2D eigenvalue weighted by Crippen LogP contribution is -2.58. The normalized spacial score (nSPS) is 21.6. The number of aromatic nitrogens is 2. The van der Waals surface area contributed by atoms with Crippen molar-refractivity contribution < 1.29 is 28.5 Å². The Morgan fingerprint density at radius 2 is 1.75 bits per heavy atom. The predicted octanol–water partition coefficient (Wildman–Crippen LogP) is 3.20. The number of Topliss-reactive ketones (excluding diaryl/α,β-unsaturated/α-hetero) is 2. The van der Waals surface area contributed by atoms with Gasteiger partial charge in [-0.15, -0.1) is 6.42 Å². The second-order valence-corrected chi connectivity index (χ2v) is 11.3. The van der Waals surface area contributed by atoms with E-state index in [2.05, 4.69) is 11.2 Å². The maximum Gasteiger partial charge on any atom is 0.332 e. The molecule has 0 amide bonds. The van der Waals surface area contributed by atoms with Gasteiger partial charge in [-0.3, -0.25) is 23.5 Å². The number of hydrogen-bond acceptors (Lipinski definition) is 9. The maximum absolute atomic E-state index is 14.9. The Morgan fingerprint density at radius 1 is 1.07 bits per heavy atom. The van der Waals surface area contributed by atoms with Crippen LogP contribution in [0.4, 0.5) is 5.82 Å². The molecule has 12 heteroatoms. The molecule has 1 N–H and O–H groups in total. The third-order valence-corrected chi connectivity index (χ3v) is 8.97. The third kappa shape index (κ3) is 3.84. The summed E-state index contributed by atoms with van der Waals surface area (Å²) in [5.41, 5.74) is -1.70. The van der Waals surface area contributed by atoms with Crippen molar-refractivity contribution in [1.29, 1.82) is 0 Å². The minimum Gasteiger partial charge on any atom is -0.496 e. The van der Waals surface area contributed by atoms with Gasteiger partial charge in [-0.2, -0.15) is 0 Å². The quantitative estimate of drug-likeness (QED) is 0.339. The molecule has 0 saturated carbocycles. The van der Waals surface area contributed by atoms with Crippen molar-refractivity contribution in [3.63, 3.8) is 0 Å². The van der Waals surface area contributed by atoms with Crippen LogP contribution in [0.15, 0.2) is 51.2 Å². The lowest BCUT2D eigenvalue weighted by Gasteiger charge is -2.42. The summed E-state index contributed by atoms with van der Waals surface area (Å²) in [7, 11) is 5.72. The zero-order valence-corrected chi connectivity index (χ0v) is 25.3. The van der Waals surface area contributed by atoms with E-state index >= 15 is 0 Å². The van der Waals surface area contributed by atoms with Gasteiger partial charge in [0.25, 0.3) is 5.56 Å². The summed E-state index contributed by atoms with van der Waals surface area (Å²) >= 11 is 6.60. The number of terminal acetylenes is 1. The van der Waals surface area contributed by atoms with Crippen molar-refractivity contribution in [3.05, 3.63) is 84.2 Å². The van der Waals surface area contributed by atoms with E-state index in [1.807, 2.05) is 0 Å². The summed E-state index contributed by atoms with van der Waals surface area (Å²) in [6, 6.07) is 8.26. The Morgan fingerprint density at radius 3 is 2.39 bits per heavy atom. The number of nitrogens with zero attached hydrogens (tertiary/aromatic N) is 2. The Hall–Kier alpha value is -4.95. The van der Waals surface area contributed by atoms with E-state index in [1.54, 1.807) is 38.2 Å². The van der Waals surface area contributed by atoms with Crippen molar-refractivity contribution in [2.75, 3.05) is 26.1 Å². The molecule has 0 saturated heterocycles. The molecule has 11 nitrogen and oxygen atoms in total. The van der Waals surface area contributed by atoms with E-state index in [0.29, 0.717) is 17.0 Å². The van der Waals surface area contributed by atoms with Gasteiger partial charge in [0.1, 0.15) is 40.3 Å². The van der Waals surface area contributed by atoms with E-state index in [1.165, 1.54) is 31.9 Å². The van der Waals surface area contributed by atoms with Gasteiger partial charge >= 0.3 is 5.69 Å². The number of nitrogens with one attached hydrogen (secondary N) is 1. The van der Waals surface area contributed by atoms with E-state index in [-0.39, 0.29) is 57.8 Å². The molecule has 3 atom stereocenters. The lowest BCUT2D eigenvalue weighted by atomic mass is 9.66. The molecule has 3 aromatic rings. The van der Waals surface area contributed by atoms with Crippen molar-refractivity contribution in [2.45, 2.75) is 24.9 Å². The number of anilines is 1. The van der Waals surface area contributed by atoms with Crippen LogP contribution in [-0.4, -0.2) is 47.1 Å². The number of allylic oxidation sites excluding steroid dienone is 1. The van der Waals surface area contributed by atoms with Crippen LogP contribution < -0.4 is 35.5 Å². The number of benzene rings is 2. The molecule has 226 valence electrons. The average molecular weight is 618 g/mol. The number of ether oxygens (including phenoxy) is 4. The third-order valence-electron chi connectivity index (χ3n) is 8.61. The molecule has 1 aromatic heterocycles. The number of hydrogen-bond donors (Lipinski definition) is 1. The fourth-order valence-electron chi connectivity index (χ4n) is 6.40. The van der Waals surface area contributed by atoms with E-state index < -0.39 is 40.3 Å². The highest BCUT2D eigenvalue weighted by Crippen LogP contribution is 2.56. The van der Waals surface area contributed by atoms with Crippen LogP contribution in [0.3, 0.4) is 0 Å². The van der Waals surface area contributed by atoms with Crippen molar-refractivity contribution in [3.8, 4) is 35.3 Å². The topological polar surface area (TPSA) is 127 Å². The summed E-state index contributed by atoms with van der Waals surface area (Å²) in [5.74, 6) is 0.645. The maximum atomic E-state index is 14.9. The first-order valence-electron chi connectivity index (χ1n) is 13.7. The first kappa shape index (κ1) is 29.1. The van der Waals surface area contributed by atoms with Crippen LogP contribution in [0.1, 0.15) is 40.7 Å². The summed E-state index contributed by atoms with van der Waals surface area (Å²) in [6.07, 6.45) is 5.50. The highest BCUT2D eigenvalue weighted by atomic mass is 35.5. The lowest BCUT2D eigenvalue weighted by molar-refractivity contribution is -0.130. The number of methoxy groups -OCH3 is 2. The number of rotatable bonds is 5. The predicted molar refractivity (Wildman–Crippen MR) is 161 cm³/mol. The van der Waals surface area contributed by atoms with E-state index in [9.17, 15) is 19.2 Å². The van der Waals surface area contributed by atoms with E-state index in [0.717, 1.165) is 4.57 Å². The number of carbonyl (C=O) groups excluding carboxylic acids is 2. The standard InChI is InChI=1S/C32H28ClN3O8/c1-7-12-43-17-10-8-16(9-11-17)21-22-18(34-29-24(21)30(39)36(4)31(40)35(29)3)13-15(2)32(27(22)37)28(38)23-19(41-5)14-20(42-6)25(33)26(23)44-32/h1,8-11,14-15,21,34H,12-13H2,2-6H3/t15-,21?,32+/m1/s1. The van der Waals surface area contributed by atoms with Gasteiger partial charge in [0, 0.05) is 43.3 Å². The molecular formula is C32H28ClN3O8. The van der Waals surface area contributed by atoms with Gasteiger partial charge in [-0.1, -0.05) is 36.6 Å². The molecule has 0 fully saturated rings. The monoisotopic (exact) mass is 617 g/mol. The number of fused-ring (bicyclic) bond motifs is 2. The van der Waals surface area contributed by atoms with Crippen molar-refractivity contribution in [1.82, 2.24) is 9.13 Å². The fourth-order valence-corrected chi connectivity index (χ4v) is 6.67. The molecule has 0 radical (unpaired) electrons. The van der Waals surface area contributed by atoms with Gasteiger partial charge in [0.2, 0.25) is 17.2 Å². The largest absolute Gasteiger partial charge is 0.496 e. The Bertz CT molecular complexity index is 1970. The van der Waals surface area contributed by atoms with Crippen LogP contribution in [-0.2, 0) is 18.9 Å². The average Bonchev–Trinajstić information content (AvgIpc) is 3.34. The Labute approximate surface area is 256 Å². The first-order chi connectivity index (χ1) is 21.0. The smallest absolute Gasteiger partial charge is 0.332 e. The van der Waals surface area contributed by atoms with Crippen LogP contribution in [0.25, 0.3) is 0 Å². The number of ketones is 2. The summed E-state index contributed by atoms with van der Waals surface area (Å²) < 4.78 is 25.0. The van der Waals surface area contributed by atoms with Crippen molar-refractivity contribution in [2.24, 2.45) is 20.0 Å². The van der Waals surface area contributed by atoms with Crippen LogP contribution in [0.5, 0.6) is 23.0 Å². The molecule has 3 heterocycles. The van der Waals surface area contributed by atoms with E-state index in [4.69, 9.17) is 37.0 Å². The molecule has 0 bridgehead atoms. The zero-order chi connectivity index (χ0) is 31.7. The SMILES string of the molecule is C#CCOc1ccc(C2C3=C(C[C@@H](C)[C@]4(Oc5c(Cl)c(OC)cc(OC)c5C4=O)C3=O)Nc3c2c(=O)n(C)c(=O)n3C)cc1. The molecule has 1 aliphatic carbocycles. The minimum absolute atomic E-state index is 0.00818. The van der Waals surface area contributed by atoms with Crippen molar-refractivity contribution >= 4 is 29.0 Å². The highest BCUT2D eigenvalue weighted by Gasteiger charge is 2.63. The molecule has 1 unspecified atom stereocenters. The minimum atomic E-state index is -2.00. The molecule has 1 spiro atoms. The second kappa shape index (κ2) is 10.3. The number of carbonyl (C=O) groups is 2. The Balaban J connectivity index is 1.58. The summed E-state index contributed by atoms with van der Waals surface area (Å²) in [6.45, 7) is 1.79. The van der Waals surface area contributed by atoms with Gasteiger partial charge in [0.05, 0.1) is 19.8 Å². The molecule has 3 aliphatic rings. The van der Waals surface area contributed by atoms with Crippen LogP contribution in [0.2, 0.25) is 5.02 Å². The molecular weight excluding hydrogens is 590 g/mol. The van der Waals surface area contributed by atoms with Crippen LogP contribution in [0, 0.1) is 18.3 Å². The molecule has 6 rings (SSSR count).